The van der Waals surface area contributed by atoms with E-state index in [1.165, 1.54) is 0 Å². The zero-order valence-electron chi connectivity index (χ0n) is 11.2. The molecule has 6 heteroatoms. The van der Waals surface area contributed by atoms with E-state index in [0.717, 1.165) is 6.54 Å². The zero-order valence-corrected chi connectivity index (χ0v) is 11.9. The number of amides is 1. The summed E-state index contributed by atoms with van der Waals surface area (Å²) in [4.78, 5) is 25.0. The lowest BCUT2D eigenvalue weighted by Gasteiger charge is -2.35. The van der Waals surface area contributed by atoms with Crippen LogP contribution in [0, 0.1) is 5.41 Å². The molecular formula is C12H21ClN2O3. The maximum absolute atomic E-state index is 11.7. The lowest BCUT2D eigenvalue weighted by Crippen LogP contribution is -2.56. The Bertz CT molecular complexity index is 315. The Labute approximate surface area is 113 Å². The van der Waals surface area contributed by atoms with Gasteiger partial charge in [0.1, 0.15) is 12.5 Å². The normalized spacial score (nSPS) is 20.7. The minimum Gasteiger partial charge on any atom is -0.463 e. The van der Waals surface area contributed by atoms with Gasteiger partial charge in [0.2, 0.25) is 5.91 Å². The van der Waals surface area contributed by atoms with Crippen LogP contribution in [0.25, 0.3) is 0 Å². The Morgan fingerprint density at radius 1 is 1.44 bits per heavy atom. The number of carbonyl (C=O) groups is 2. The van der Waals surface area contributed by atoms with E-state index in [2.05, 4.69) is 5.32 Å². The first-order valence-electron chi connectivity index (χ1n) is 6.09. The van der Waals surface area contributed by atoms with Gasteiger partial charge in [-0.15, -0.1) is 11.6 Å². The fourth-order valence-corrected chi connectivity index (χ4v) is 1.86. The number of nitrogens with one attached hydrogen (secondary N) is 1. The van der Waals surface area contributed by atoms with Crippen molar-refractivity contribution in [2.24, 2.45) is 5.41 Å². The molecule has 1 rings (SSSR count). The molecular weight excluding hydrogens is 256 g/mol. The summed E-state index contributed by atoms with van der Waals surface area (Å²) in [6, 6.07) is -0.128. The molecule has 1 N–H and O–H groups in total. The molecule has 1 aliphatic rings. The first kappa shape index (κ1) is 15.2. The van der Waals surface area contributed by atoms with Crippen molar-refractivity contribution in [1.82, 2.24) is 10.2 Å². The van der Waals surface area contributed by atoms with Crippen molar-refractivity contribution in [2.75, 3.05) is 32.1 Å². The fourth-order valence-electron chi connectivity index (χ4n) is 1.70. The van der Waals surface area contributed by atoms with E-state index in [4.69, 9.17) is 16.3 Å². The number of alkyl halides is 1. The number of halogens is 1. The first-order chi connectivity index (χ1) is 8.36. The second-order valence-electron chi connectivity index (χ2n) is 5.43. The van der Waals surface area contributed by atoms with Gasteiger partial charge in [-0.25, -0.2) is 0 Å². The van der Waals surface area contributed by atoms with E-state index >= 15 is 0 Å². The number of nitrogens with zero attached hydrogens (tertiary/aromatic N) is 1. The van der Waals surface area contributed by atoms with Gasteiger partial charge >= 0.3 is 5.97 Å². The van der Waals surface area contributed by atoms with E-state index in [9.17, 15) is 9.59 Å². The van der Waals surface area contributed by atoms with Gasteiger partial charge in [-0.2, -0.15) is 0 Å². The first-order valence-corrected chi connectivity index (χ1v) is 6.63. The molecule has 1 aliphatic heterocycles. The predicted molar refractivity (Wildman–Crippen MR) is 69.5 cm³/mol. The highest BCUT2D eigenvalue weighted by atomic mass is 35.5. The molecule has 0 aromatic carbocycles. The zero-order chi connectivity index (χ0) is 13.8. The van der Waals surface area contributed by atoms with E-state index in [1.54, 1.807) is 25.7 Å². The number of carbonyl (C=O) groups excluding carboxylic acids is 2. The summed E-state index contributed by atoms with van der Waals surface area (Å²) < 4.78 is 5.25. The lowest BCUT2D eigenvalue weighted by atomic mass is 9.97. The van der Waals surface area contributed by atoms with Crippen molar-refractivity contribution < 1.29 is 14.3 Å². The molecule has 1 saturated heterocycles. The Morgan fingerprint density at radius 2 is 2.11 bits per heavy atom. The highest BCUT2D eigenvalue weighted by Crippen LogP contribution is 2.16. The SMILES string of the molecule is CC(C)(C)C(=O)OC[C@H]1CNCCN1C(=O)CCl. The molecule has 0 aliphatic carbocycles. The van der Waals surface area contributed by atoms with Gasteiger partial charge < -0.3 is 15.0 Å². The highest BCUT2D eigenvalue weighted by Gasteiger charge is 2.29. The van der Waals surface area contributed by atoms with Crippen LogP contribution in [-0.4, -0.2) is 54.9 Å². The van der Waals surface area contributed by atoms with E-state index < -0.39 is 5.41 Å². The van der Waals surface area contributed by atoms with E-state index in [1.807, 2.05) is 0 Å². The Kier molecular flexibility index (Phi) is 5.41. The summed E-state index contributed by atoms with van der Waals surface area (Å²) in [5, 5.41) is 3.18. The van der Waals surface area contributed by atoms with Crippen LogP contribution >= 0.6 is 11.6 Å². The third-order valence-corrected chi connectivity index (χ3v) is 3.03. The summed E-state index contributed by atoms with van der Waals surface area (Å²) in [5.41, 5.74) is -0.524. The molecule has 104 valence electrons. The molecule has 1 amide bonds. The number of hydrogen-bond acceptors (Lipinski definition) is 4. The largest absolute Gasteiger partial charge is 0.463 e. The third kappa shape index (κ3) is 4.14. The minimum atomic E-state index is -0.524. The van der Waals surface area contributed by atoms with Crippen LogP contribution in [0.3, 0.4) is 0 Å². The van der Waals surface area contributed by atoms with Gasteiger partial charge in [0, 0.05) is 19.6 Å². The Hall–Kier alpha value is -0.810. The second-order valence-corrected chi connectivity index (χ2v) is 5.69. The van der Waals surface area contributed by atoms with Crippen LogP contribution in [0.4, 0.5) is 0 Å². The van der Waals surface area contributed by atoms with Gasteiger partial charge in [-0.3, -0.25) is 9.59 Å². The number of piperazine rings is 1. The van der Waals surface area contributed by atoms with E-state index in [-0.39, 0.29) is 30.4 Å². The molecule has 0 saturated carbocycles. The van der Waals surface area contributed by atoms with Gasteiger partial charge in [-0.1, -0.05) is 0 Å². The van der Waals surface area contributed by atoms with Gasteiger partial charge in [-0.05, 0) is 20.8 Å². The summed E-state index contributed by atoms with van der Waals surface area (Å²) in [6.45, 7) is 7.59. The quantitative estimate of drug-likeness (QED) is 0.606. The molecule has 0 aromatic heterocycles. The van der Waals surface area contributed by atoms with Crippen LogP contribution in [0.5, 0.6) is 0 Å². The Balaban J connectivity index is 2.53. The number of rotatable bonds is 3. The summed E-state index contributed by atoms with van der Waals surface area (Å²) in [7, 11) is 0. The molecule has 0 aromatic rings. The highest BCUT2D eigenvalue weighted by molar-refractivity contribution is 6.27. The summed E-state index contributed by atoms with van der Waals surface area (Å²) >= 11 is 5.57. The molecule has 18 heavy (non-hydrogen) atoms. The lowest BCUT2D eigenvalue weighted by molar-refractivity contribution is -0.156. The molecule has 0 spiro atoms. The van der Waals surface area contributed by atoms with Gasteiger partial charge in [0.25, 0.3) is 0 Å². The topological polar surface area (TPSA) is 58.6 Å². The molecule has 1 atom stereocenters. The van der Waals surface area contributed by atoms with Gasteiger partial charge in [0.15, 0.2) is 0 Å². The van der Waals surface area contributed by atoms with Crippen LogP contribution in [-0.2, 0) is 14.3 Å². The molecule has 1 heterocycles. The summed E-state index contributed by atoms with van der Waals surface area (Å²) in [6.07, 6.45) is 0. The van der Waals surface area contributed by atoms with Crippen molar-refractivity contribution in [3.63, 3.8) is 0 Å². The number of esters is 1. The Morgan fingerprint density at radius 3 is 2.67 bits per heavy atom. The third-order valence-electron chi connectivity index (χ3n) is 2.80. The number of hydrogen-bond donors (Lipinski definition) is 1. The van der Waals surface area contributed by atoms with Crippen molar-refractivity contribution in [3.05, 3.63) is 0 Å². The maximum atomic E-state index is 11.7. The molecule has 5 nitrogen and oxygen atoms in total. The van der Waals surface area contributed by atoms with Crippen LogP contribution < -0.4 is 5.32 Å². The van der Waals surface area contributed by atoms with Gasteiger partial charge in [0.05, 0.1) is 11.5 Å². The predicted octanol–water partition coefficient (Wildman–Crippen LogP) is 0.615. The van der Waals surface area contributed by atoms with Crippen molar-refractivity contribution >= 4 is 23.5 Å². The minimum absolute atomic E-state index is 0.0380. The van der Waals surface area contributed by atoms with E-state index in [0.29, 0.717) is 13.1 Å². The van der Waals surface area contributed by atoms with Crippen molar-refractivity contribution in [3.8, 4) is 0 Å². The molecule has 0 radical (unpaired) electrons. The second kappa shape index (κ2) is 6.38. The molecule has 0 unspecified atom stereocenters. The average Bonchev–Trinajstić information content (AvgIpc) is 2.34. The monoisotopic (exact) mass is 276 g/mol. The maximum Gasteiger partial charge on any atom is 0.311 e. The summed E-state index contributed by atoms with van der Waals surface area (Å²) in [5.74, 6) is -0.412. The van der Waals surface area contributed by atoms with Crippen LogP contribution in [0.1, 0.15) is 20.8 Å². The molecule has 1 fully saturated rings. The standard InChI is InChI=1S/C12H21ClN2O3/c1-12(2,3)11(17)18-8-9-7-14-4-5-15(9)10(16)6-13/h9,14H,4-8H2,1-3H3/t9-/m1/s1. The van der Waals surface area contributed by atoms with Crippen molar-refractivity contribution in [1.29, 1.82) is 0 Å². The van der Waals surface area contributed by atoms with Crippen LogP contribution in [0.15, 0.2) is 0 Å². The molecule has 0 bridgehead atoms. The average molecular weight is 277 g/mol. The number of ether oxygens (including phenoxy) is 1. The van der Waals surface area contributed by atoms with Crippen LogP contribution in [0.2, 0.25) is 0 Å². The smallest absolute Gasteiger partial charge is 0.311 e. The van der Waals surface area contributed by atoms with Crippen molar-refractivity contribution in [2.45, 2.75) is 26.8 Å². The fraction of sp³-hybridized carbons (Fsp3) is 0.833.